The number of nitrogens with zero attached hydrogens (tertiary/aromatic N) is 2. The number of carbonyl (C=O) groups excluding carboxylic acids is 1. The quantitative estimate of drug-likeness (QED) is 0.800. The van der Waals surface area contributed by atoms with Gasteiger partial charge in [0.15, 0.2) is 0 Å². The Hall–Kier alpha value is -1.38. The van der Waals surface area contributed by atoms with Crippen LogP contribution in [0.1, 0.15) is 38.2 Å². The fourth-order valence-electron chi connectivity index (χ4n) is 3.82. The van der Waals surface area contributed by atoms with Crippen LogP contribution in [0.4, 0.5) is 0 Å². The highest BCUT2D eigenvalue weighted by atomic mass is 16.2. The van der Waals surface area contributed by atoms with Gasteiger partial charge < -0.3 is 4.90 Å². The number of hydrogen-bond acceptors (Lipinski definition) is 2. The zero-order valence-electron chi connectivity index (χ0n) is 10.9. The number of fused-ring (bicyclic) bond motifs is 2. The fraction of sp³-hybridized carbons (Fsp3) is 0.600. The second kappa shape index (κ2) is 4.71. The molecule has 2 aliphatic heterocycles. The van der Waals surface area contributed by atoms with E-state index >= 15 is 0 Å². The molecule has 96 valence electrons. The lowest BCUT2D eigenvalue weighted by Gasteiger charge is -2.38. The van der Waals surface area contributed by atoms with Gasteiger partial charge >= 0.3 is 0 Å². The number of carbonyl (C=O) groups is 1. The fourth-order valence-corrected chi connectivity index (χ4v) is 3.82. The van der Waals surface area contributed by atoms with E-state index in [4.69, 9.17) is 0 Å². The Morgan fingerprint density at radius 3 is 2.67 bits per heavy atom. The molecule has 2 saturated heterocycles. The molecule has 1 aromatic rings. The first-order chi connectivity index (χ1) is 8.74. The van der Waals surface area contributed by atoms with Gasteiger partial charge in [-0.2, -0.15) is 0 Å². The van der Waals surface area contributed by atoms with Crippen LogP contribution in [0.3, 0.4) is 0 Å². The Morgan fingerprint density at radius 2 is 2.11 bits per heavy atom. The van der Waals surface area contributed by atoms with E-state index in [9.17, 15) is 4.79 Å². The van der Waals surface area contributed by atoms with Crippen molar-refractivity contribution in [2.24, 2.45) is 5.92 Å². The molecule has 3 heterocycles. The van der Waals surface area contributed by atoms with Gasteiger partial charge in [-0.05, 0) is 49.7 Å². The molecule has 1 aromatic heterocycles. The highest BCUT2D eigenvalue weighted by molar-refractivity contribution is 5.74. The second-order valence-corrected chi connectivity index (χ2v) is 5.71. The SMILES string of the molecule is CC(=O)N1C2CCC1CC(Cc1cccnc1)C2. The lowest BCUT2D eigenvalue weighted by molar-refractivity contribution is -0.133. The van der Waals surface area contributed by atoms with Gasteiger partial charge in [0, 0.05) is 31.4 Å². The number of hydrogen-bond donors (Lipinski definition) is 0. The van der Waals surface area contributed by atoms with Crippen LogP contribution in [0.5, 0.6) is 0 Å². The van der Waals surface area contributed by atoms with Crippen molar-refractivity contribution in [3.63, 3.8) is 0 Å². The largest absolute Gasteiger partial charge is 0.337 e. The summed E-state index contributed by atoms with van der Waals surface area (Å²) in [6.07, 6.45) is 9.66. The molecule has 1 amide bonds. The Balaban J connectivity index is 1.67. The van der Waals surface area contributed by atoms with Gasteiger partial charge in [0.05, 0.1) is 0 Å². The molecule has 0 saturated carbocycles. The summed E-state index contributed by atoms with van der Waals surface area (Å²) < 4.78 is 0. The molecule has 0 aliphatic carbocycles. The number of pyridine rings is 1. The summed E-state index contributed by atoms with van der Waals surface area (Å²) in [4.78, 5) is 18.0. The third-order valence-corrected chi connectivity index (χ3v) is 4.44. The predicted molar refractivity (Wildman–Crippen MR) is 70.0 cm³/mol. The first kappa shape index (κ1) is 11.7. The van der Waals surface area contributed by atoms with E-state index < -0.39 is 0 Å². The van der Waals surface area contributed by atoms with Gasteiger partial charge in [-0.25, -0.2) is 0 Å². The lowest BCUT2D eigenvalue weighted by atomic mass is 9.86. The van der Waals surface area contributed by atoms with Crippen molar-refractivity contribution >= 4 is 5.91 Å². The average Bonchev–Trinajstić information content (AvgIpc) is 2.63. The number of rotatable bonds is 2. The number of aromatic nitrogens is 1. The van der Waals surface area contributed by atoms with Gasteiger partial charge in [-0.1, -0.05) is 6.07 Å². The van der Waals surface area contributed by atoms with E-state index in [2.05, 4.69) is 16.0 Å². The van der Waals surface area contributed by atoms with Gasteiger partial charge in [-0.15, -0.1) is 0 Å². The van der Waals surface area contributed by atoms with Crippen molar-refractivity contribution in [2.75, 3.05) is 0 Å². The molecule has 2 bridgehead atoms. The molecule has 0 N–H and O–H groups in total. The predicted octanol–water partition coefficient (Wildman–Crippen LogP) is 2.41. The standard InChI is InChI=1S/C15H20N2O/c1-11(18)17-14-4-5-15(17)9-13(8-14)7-12-3-2-6-16-10-12/h2-3,6,10,13-15H,4-5,7-9H2,1H3. The van der Waals surface area contributed by atoms with Crippen LogP contribution in [0.15, 0.2) is 24.5 Å². The lowest BCUT2D eigenvalue weighted by Crippen LogP contribution is -2.45. The summed E-state index contributed by atoms with van der Waals surface area (Å²) in [5.74, 6) is 0.990. The Morgan fingerprint density at radius 1 is 1.39 bits per heavy atom. The Labute approximate surface area is 108 Å². The molecule has 3 rings (SSSR count). The first-order valence-corrected chi connectivity index (χ1v) is 6.92. The molecule has 0 aromatic carbocycles. The van der Waals surface area contributed by atoms with Crippen LogP contribution >= 0.6 is 0 Å². The maximum atomic E-state index is 11.6. The minimum atomic E-state index is 0.266. The monoisotopic (exact) mass is 244 g/mol. The van der Waals surface area contributed by atoms with Crippen molar-refractivity contribution in [2.45, 2.75) is 51.1 Å². The van der Waals surface area contributed by atoms with Crippen LogP contribution in [-0.4, -0.2) is 27.9 Å². The van der Waals surface area contributed by atoms with E-state index in [1.165, 1.54) is 31.2 Å². The van der Waals surface area contributed by atoms with Crippen LogP contribution in [0, 0.1) is 5.92 Å². The van der Waals surface area contributed by atoms with Gasteiger partial charge in [0.25, 0.3) is 0 Å². The molecule has 2 atom stereocenters. The summed E-state index contributed by atoms with van der Waals surface area (Å²) in [6.45, 7) is 1.72. The van der Waals surface area contributed by atoms with Crippen LogP contribution in [0.25, 0.3) is 0 Å². The number of piperidine rings is 1. The molecule has 2 unspecified atom stereocenters. The van der Waals surface area contributed by atoms with Crippen molar-refractivity contribution in [1.82, 2.24) is 9.88 Å². The molecule has 3 heteroatoms. The second-order valence-electron chi connectivity index (χ2n) is 5.71. The third-order valence-electron chi connectivity index (χ3n) is 4.44. The zero-order valence-corrected chi connectivity index (χ0v) is 10.9. The molecular formula is C15H20N2O. The Bertz CT molecular complexity index is 417. The van der Waals surface area contributed by atoms with Gasteiger partial charge in [0.2, 0.25) is 5.91 Å². The minimum Gasteiger partial charge on any atom is -0.337 e. The zero-order chi connectivity index (χ0) is 12.5. The van der Waals surface area contributed by atoms with E-state index in [1.54, 1.807) is 6.92 Å². The molecular weight excluding hydrogens is 224 g/mol. The normalized spacial score (nSPS) is 30.5. The molecule has 2 fully saturated rings. The van der Waals surface area contributed by atoms with Crippen LogP contribution < -0.4 is 0 Å². The van der Waals surface area contributed by atoms with E-state index in [0.717, 1.165) is 12.3 Å². The van der Waals surface area contributed by atoms with Crippen molar-refractivity contribution in [3.05, 3.63) is 30.1 Å². The van der Waals surface area contributed by atoms with Crippen molar-refractivity contribution < 1.29 is 4.79 Å². The van der Waals surface area contributed by atoms with Crippen LogP contribution in [0.2, 0.25) is 0 Å². The molecule has 2 aliphatic rings. The summed E-state index contributed by atoms with van der Waals surface area (Å²) in [5, 5.41) is 0. The van der Waals surface area contributed by atoms with Gasteiger partial charge in [0.1, 0.15) is 0 Å². The summed E-state index contributed by atoms with van der Waals surface area (Å²) in [7, 11) is 0. The van der Waals surface area contributed by atoms with Crippen molar-refractivity contribution in [3.8, 4) is 0 Å². The summed E-state index contributed by atoms with van der Waals surface area (Å²) in [6, 6.07) is 5.17. The van der Waals surface area contributed by atoms with E-state index in [0.29, 0.717) is 12.1 Å². The molecule has 0 radical (unpaired) electrons. The van der Waals surface area contributed by atoms with E-state index in [-0.39, 0.29) is 5.91 Å². The maximum Gasteiger partial charge on any atom is 0.219 e. The summed E-state index contributed by atoms with van der Waals surface area (Å²) in [5.41, 5.74) is 1.33. The minimum absolute atomic E-state index is 0.266. The third kappa shape index (κ3) is 2.14. The average molecular weight is 244 g/mol. The highest BCUT2D eigenvalue weighted by Crippen LogP contribution is 2.39. The molecule has 18 heavy (non-hydrogen) atoms. The number of amides is 1. The van der Waals surface area contributed by atoms with Crippen LogP contribution in [-0.2, 0) is 11.2 Å². The topological polar surface area (TPSA) is 33.2 Å². The Kier molecular flexibility index (Phi) is 3.06. The van der Waals surface area contributed by atoms with E-state index in [1.807, 2.05) is 18.5 Å². The molecule has 3 nitrogen and oxygen atoms in total. The van der Waals surface area contributed by atoms with Gasteiger partial charge in [-0.3, -0.25) is 9.78 Å². The highest BCUT2D eigenvalue weighted by Gasteiger charge is 2.41. The summed E-state index contributed by atoms with van der Waals surface area (Å²) >= 11 is 0. The maximum absolute atomic E-state index is 11.6. The smallest absolute Gasteiger partial charge is 0.219 e. The first-order valence-electron chi connectivity index (χ1n) is 6.92. The molecule has 0 spiro atoms. The van der Waals surface area contributed by atoms with Crippen molar-refractivity contribution in [1.29, 1.82) is 0 Å².